The van der Waals surface area contributed by atoms with Crippen molar-refractivity contribution in [1.29, 1.82) is 0 Å². The summed E-state index contributed by atoms with van der Waals surface area (Å²) in [6, 6.07) is 0. The van der Waals surface area contributed by atoms with E-state index < -0.39 is 0 Å². The van der Waals surface area contributed by atoms with Crippen LogP contribution >= 0.6 is 11.3 Å². The highest BCUT2D eigenvalue weighted by molar-refractivity contribution is 7.09. The summed E-state index contributed by atoms with van der Waals surface area (Å²) < 4.78 is 0. The van der Waals surface area contributed by atoms with Crippen molar-refractivity contribution < 1.29 is 9.59 Å². The molecule has 0 spiro atoms. The summed E-state index contributed by atoms with van der Waals surface area (Å²) in [5.41, 5.74) is 0.951. The average Bonchev–Trinajstić information content (AvgIpc) is 2.56. The molecule has 5 heteroatoms. The van der Waals surface area contributed by atoms with E-state index in [1.54, 1.807) is 11.3 Å². The highest BCUT2D eigenvalue weighted by atomic mass is 32.1. The molecule has 1 fully saturated rings. The Kier molecular flexibility index (Phi) is 2.81. The molecule has 1 aliphatic heterocycles. The number of carbonyl (C=O) groups is 2. The smallest absolute Gasteiger partial charge is 0.230 e. The van der Waals surface area contributed by atoms with Gasteiger partial charge in [-0.15, -0.1) is 11.3 Å². The molecular formula is C10H12N2O2S. The van der Waals surface area contributed by atoms with Crippen molar-refractivity contribution in [2.24, 2.45) is 5.92 Å². The third kappa shape index (κ3) is 2.41. The van der Waals surface area contributed by atoms with Crippen LogP contribution in [0.4, 0.5) is 0 Å². The van der Waals surface area contributed by atoms with Crippen LogP contribution in [0.25, 0.3) is 0 Å². The van der Waals surface area contributed by atoms with Crippen molar-refractivity contribution in [1.82, 2.24) is 10.3 Å². The van der Waals surface area contributed by atoms with Crippen molar-refractivity contribution in [3.63, 3.8) is 0 Å². The molecule has 1 aromatic heterocycles. The van der Waals surface area contributed by atoms with E-state index >= 15 is 0 Å². The number of hydrogen-bond donors (Lipinski definition) is 1. The van der Waals surface area contributed by atoms with E-state index in [0.717, 1.165) is 10.7 Å². The van der Waals surface area contributed by atoms with Crippen LogP contribution in [0, 0.1) is 12.8 Å². The number of thiazole rings is 1. The average molecular weight is 224 g/mol. The molecule has 0 aliphatic carbocycles. The van der Waals surface area contributed by atoms with E-state index in [1.807, 2.05) is 12.3 Å². The summed E-state index contributed by atoms with van der Waals surface area (Å²) in [5, 5.41) is 5.34. The van der Waals surface area contributed by atoms with E-state index in [2.05, 4.69) is 10.3 Å². The van der Waals surface area contributed by atoms with Crippen LogP contribution in [-0.2, 0) is 16.0 Å². The lowest BCUT2D eigenvalue weighted by Crippen LogP contribution is -2.41. The Labute approximate surface area is 91.7 Å². The fourth-order valence-corrected chi connectivity index (χ4v) is 2.31. The van der Waals surface area contributed by atoms with E-state index in [4.69, 9.17) is 0 Å². The van der Waals surface area contributed by atoms with Crippen molar-refractivity contribution in [3.05, 3.63) is 16.1 Å². The Hall–Kier alpha value is -1.23. The second-order valence-electron chi connectivity index (χ2n) is 3.71. The maximum atomic E-state index is 11.5. The molecule has 0 aromatic carbocycles. The van der Waals surface area contributed by atoms with E-state index in [9.17, 15) is 9.59 Å². The Balaban J connectivity index is 2.00. The Bertz CT molecular complexity index is 400. The van der Waals surface area contributed by atoms with E-state index in [-0.39, 0.29) is 17.7 Å². The zero-order valence-corrected chi connectivity index (χ0v) is 9.26. The molecule has 2 rings (SSSR count). The molecule has 1 atom stereocenters. The van der Waals surface area contributed by atoms with Crippen LogP contribution in [-0.4, -0.2) is 16.8 Å². The van der Waals surface area contributed by atoms with Gasteiger partial charge < -0.3 is 0 Å². The minimum Gasteiger partial charge on any atom is -0.296 e. The lowest BCUT2D eigenvalue weighted by atomic mass is 9.94. The number of aryl methyl sites for hydroxylation is 1. The van der Waals surface area contributed by atoms with E-state index in [0.29, 0.717) is 19.3 Å². The van der Waals surface area contributed by atoms with Gasteiger partial charge in [-0.05, 0) is 13.3 Å². The topological polar surface area (TPSA) is 59.1 Å². The molecule has 80 valence electrons. The molecule has 2 amide bonds. The molecule has 0 saturated carbocycles. The Morgan fingerprint density at radius 3 is 3.00 bits per heavy atom. The first-order valence-electron chi connectivity index (χ1n) is 4.90. The number of imide groups is 1. The normalized spacial score (nSPS) is 21.5. The van der Waals surface area contributed by atoms with Gasteiger partial charge in [-0.3, -0.25) is 14.9 Å². The molecular weight excluding hydrogens is 212 g/mol. The molecule has 4 nitrogen and oxygen atoms in total. The highest BCUT2D eigenvalue weighted by Gasteiger charge is 2.27. The largest absolute Gasteiger partial charge is 0.296 e. The monoisotopic (exact) mass is 224 g/mol. The number of carbonyl (C=O) groups excluding carboxylic acids is 2. The molecule has 1 aliphatic rings. The maximum absolute atomic E-state index is 11.5. The summed E-state index contributed by atoms with van der Waals surface area (Å²) in [4.78, 5) is 26.7. The summed E-state index contributed by atoms with van der Waals surface area (Å²) in [6.45, 7) is 1.94. The highest BCUT2D eigenvalue weighted by Crippen LogP contribution is 2.19. The zero-order valence-electron chi connectivity index (χ0n) is 8.45. The lowest BCUT2D eigenvalue weighted by molar-refractivity contribution is -0.136. The Morgan fingerprint density at radius 2 is 2.40 bits per heavy atom. The van der Waals surface area contributed by atoms with Gasteiger partial charge in [-0.1, -0.05) is 0 Å². The van der Waals surface area contributed by atoms with Crippen LogP contribution < -0.4 is 5.32 Å². The Morgan fingerprint density at radius 1 is 1.60 bits per heavy atom. The number of aromatic nitrogens is 1. The van der Waals surface area contributed by atoms with Crippen LogP contribution in [0.3, 0.4) is 0 Å². The SMILES string of the molecule is Cc1nc(CC2CCC(=O)NC2=O)cs1. The van der Waals surface area contributed by atoms with Crippen LogP contribution in [0.5, 0.6) is 0 Å². The molecule has 1 aromatic rings. The number of hydrogen-bond acceptors (Lipinski definition) is 4. The number of nitrogens with zero attached hydrogens (tertiary/aromatic N) is 1. The molecule has 2 heterocycles. The maximum Gasteiger partial charge on any atom is 0.230 e. The third-order valence-electron chi connectivity index (χ3n) is 2.48. The van der Waals surface area contributed by atoms with Crippen molar-refractivity contribution in [2.75, 3.05) is 0 Å². The van der Waals surface area contributed by atoms with Gasteiger partial charge in [0.15, 0.2) is 0 Å². The van der Waals surface area contributed by atoms with Gasteiger partial charge in [0.1, 0.15) is 0 Å². The first-order valence-corrected chi connectivity index (χ1v) is 5.78. The van der Waals surface area contributed by atoms with Gasteiger partial charge in [-0.25, -0.2) is 4.98 Å². The van der Waals surface area contributed by atoms with Crippen molar-refractivity contribution >= 4 is 23.2 Å². The summed E-state index contributed by atoms with van der Waals surface area (Å²) in [7, 11) is 0. The van der Waals surface area contributed by atoms with Gasteiger partial charge in [0.2, 0.25) is 11.8 Å². The minimum absolute atomic E-state index is 0.0933. The second kappa shape index (κ2) is 4.10. The van der Waals surface area contributed by atoms with Crippen molar-refractivity contribution in [2.45, 2.75) is 26.2 Å². The molecule has 1 N–H and O–H groups in total. The predicted molar refractivity (Wildman–Crippen MR) is 56.4 cm³/mol. The van der Waals surface area contributed by atoms with Crippen LogP contribution in [0.1, 0.15) is 23.5 Å². The zero-order chi connectivity index (χ0) is 10.8. The fraction of sp³-hybridized carbons (Fsp3) is 0.500. The minimum atomic E-state index is -0.161. The van der Waals surface area contributed by atoms with Crippen LogP contribution in [0.15, 0.2) is 5.38 Å². The number of nitrogens with one attached hydrogen (secondary N) is 1. The van der Waals surface area contributed by atoms with Gasteiger partial charge in [0.25, 0.3) is 0 Å². The third-order valence-corrected chi connectivity index (χ3v) is 3.30. The lowest BCUT2D eigenvalue weighted by Gasteiger charge is -2.19. The molecule has 1 unspecified atom stereocenters. The first kappa shape index (κ1) is 10.3. The summed E-state index contributed by atoms with van der Waals surface area (Å²) >= 11 is 1.58. The molecule has 15 heavy (non-hydrogen) atoms. The molecule has 0 radical (unpaired) electrons. The number of amides is 2. The standard InChI is InChI=1S/C10H12N2O2S/c1-6-11-8(5-15-6)4-7-2-3-9(13)12-10(7)14/h5,7H,2-4H2,1H3,(H,12,13,14). The predicted octanol–water partition coefficient (Wildman–Crippen LogP) is 1.05. The summed E-state index contributed by atoms with van der Waals surface area (Å²) in [6.07, 6.45) is 1.73. The van der Waals surface area contributed by atoms with Crippen molar-refractivity contribution in [3.8, 4) is 0 Å². The number of piperidine rings is 1. The van der Waals surface area contributed by atoms with Gasteiger partial charge in [0.05, 0.1) is 10.7 Å². The van der Waals surface area contributed by atoms with Gasteiger partial charge >= 0.3 is 0 Å². The van der Waals surface area contributed by atoms with E-state index in [1.165, 1.54) is 0 Å². The second-order valence-corrected chi connectivity index (χ2v) is 4.77. The quantitative estimate of drug-likeness (QED) is 0.764. The van der Waals surface area contributed by atoms with Crippen LogP contribution in [0.2, 0.25) is 0 Å². The van der Waals surface area contributed by atoms with Gasteiger partial charge in [-0.2, -0.15) is 0 Å². The fourth-order valence-electron chi connectivity index (χ4n) is 1.69. The summed E-state index contributed by atoms with van der Waals surface area (Å²) in [5.74, 6) is -0.410. The molecule has 1 saturated heterocycles. The first-order chi connectivity index (χ1) is 7.15. The van der Waals surface area contributed by atoms with Gasteiger partial charge in [0, 0.05) is 24.1 Å². The molecule has 0 bridgehead atoms. The number of rotatable bonds is 2.